The van der Waals surface area contributed by atoms with Crippen LogP contribution in [0.1, 0.15) is 24.0 Å². The molecule has 1 heterocycles. The molecule has 12 heavy (non-hydrogen) atoms. The number of anilines is 1. The zero-order valence-corrected chi connectivity index (χ0v) is 8.26. The summed E-state index contributed by atoms with van der Waals surface area (Å²) in [5.41, 5.74) is 8.17. The molecule has 3 nitrogen and oxygen atoms in total. The molecule has 64 valence electrons. The number of hydrogen-bond acceptors (Lipinski definition) is 3. The van der Waals surface area contributed by atoms with E-state index in [1.165, 1.54) is 24.0 Å². The SMILES string of the molecule is Nc1nnc(Br)c2c1CCCC2. The van der Waals surface area contributed by atoms with Gasteiger partial charge in [-0.15, -0.1) is 10.2 Å². The molecule has 0 bridgehead atoms. The number of hydrogen-bond donors (Lipinski definition) is 1. The van der Waals surface area contributed by atoms with Gasteiger partial charge in [0, 0.05) is 5.56 Å². The van der Waals surface area contributed by atoms with Crippen molar-refractivity contribution in [2.45, 2.75) is 25.7 Å². The van der Waals surface area contributed by atoms with Crippen molar-refractivity contribution in [2.75, 3.05) is 5.73 Å². The smallest absolute Gasteiger partial charge is 0.149 e. The molecule has 0 unspecified atom stereocenters. The van der Waals surface area contributed by atoms with E-state index in [-0.39, 0.29) is 0 Å². The molecule has 0 spiro atoms. The molecule has 2 N–H and O–H groups in total. The van der Waals surface area contributed by atoms with Gasteiger partial charge in [-0.25, -0.2) is 0 Å². The number of nitrogen functional groups attached to an aromatic ring is 1. The van der Waals surface area contributed by atoms with E-state index in [4.69, 9.17) is 5.73 Å². The van der Waals surface area contributed by atoms with Gasteiger partial charge in [-0.3, -0.25) is 0 Å². The van der Waals surface area contributed by atoms with E-state index < -0.39 is 0 Å². The second-order valence-electron chi connectivity index (χ2n) is 3.04. The summed E-state index contributed by atoms with van der Waals surface area (Å²) in [5, 5.41) is 7.81. The van der Waals surface area contributed by atoms with E-state index in [9.17, 15) is 0 Å². The lowest BCUT2D eigenvalue weighted by Crippen LogP contribution is -2.10. The van der Waals surface area contributed by atoms with E-state index in [1.807, 2.05) is 0 Å². The molecule has 1 aliphatic rings. The summed E-state index contributed by atoms with van der Waals surface area (Å²) < 4.78 is 0.867. The van der Waals surface area contributed by atoms with Gasteiger partial charge in [0.2, 0.25) is 0 Å². The summed E-state index contributed by atoms with van der Waals surface area (Å²) >= 11 is 3.39. The highest BCUT2D eigenvalue weighted by atomic mass is 79.9. The van der Waals surface area contributed by atoms with E-state index in [0.717, 1.165) is 17.4 Å². The summed E-state index contributed by atoms with van der Waals surface area (Å²) in [6, 6.07) is 0. The van der Waals surface area contributed by atoms with Gasteiger partial charge in [0.25, 0.3) is 0 Å². The second kappa shape index (κ2) is 3.01. The lowest BCUT2D eigenvalue weighted by atomic mass is 9.94. The number of aromatic nitrogens is 2. The largest absolute Gasteiger partial charge is 0.382 e. The van der Waals surface area contributed by atoms with Gasteiger partial charge in [0.15, 0.2) is 0 Å². The number of nitrogens with two attached hydrogens (primary N) is 1. The molecule has 0 atom stereocenters. The average molecular weight is 228 g/mol. The molecular formula is C8H10BrN3. The van der Waals surface area contributed by atoms with E-state index in [1.54, 1.807) is 0 Å². The Morgan fingerprint density at radius 3 is 2.42 bits per heavy atom. The van der Waals surface area contributed by atoms with Gasteiger partial charge < -0.3 is 5.73 Å². The van der Waals surface area contributed by atoms with Crippen molar-refractivity contribution in [3.63, 3.8) is 0 Å². The van der Waals surface area contributed by atoms with Crippen LogP contribution in [0.4, 0.5) is 5.82 Å². The lowest BCUT2D eigenvalue weighted by Gasteiger charge is -2.16. The number of halogens is 1. The maximum Gasteiger partial charge on any atom is 0.149 e. The van der Waals surface area contributed by atoms with Gasteiger partial charge >= 0.3 is 0 Å². The first kappa shape index (κ1) is 7.98. The molecule has 0 aliphatic heterocycles. The predicted molar refractivity (Wildman–Crippen MR) is 50.8 cm³/mol. The molecule has 2 rings (SSSR count). The summed E-state index contributed by atoms with van der Waals surface area (Å²) in [6.07, 6.45) is 4.58. The highest BCUT2D eigenvalue weighted by molar-refractivity contribution is 9.10. The van der Waals surface area contributed by atoms with Crippen LogP contribution in [-0.2, 0) is 12.8 Å². The Bertz CT molecular complexity index is 280. The van der Waals surface area contributed by atoms with Crippen LogP contribution in [0.3, 0.4) is 0 Å². The maximum absolute atomic E-state index is 5.72. The van der Waals surface area contributed by atoms with Crippen LogP contribution >= 0.6 is 15.9 Å². The fraction of sp³-hybridized carbons (Fsp3) is 0.500. The van der Waals surface area contributed by atoms with Crippen molar-refractivity contribution >= 4 is 21.7 Å². The third kappa shape index (κ3) is 1.20. The first-order valence-corrected chi connectivity index (χ1v) is 4.87. The average Bonchev–Trinajstić information content (AvgIpc) is 2.12. The topological polar surface area (TPSA) is 51.8 Å². The van der Waals surface area contributed by atoms with Crippen LogP contribution in [-0.4, -0.2) is 10.2 Å². The molecule has 0 saturated carbocycles. The first-order valence-electron chi connectivity index (χ1n) is 4.08. The molecule has 1 aliphatic carbocycles. The minimum absolute atomic E-state index is 0.605. The van der Waals surface area contributed by atoms with Crippen LogP contribution in [0, 0.1) is 0 Å². The van der Waals surface area contributed by atoms with Gasteiger partial charge in [-0.05, 0) is 47.2 Å². The summed E-state index contributed by atoms with van der Waals surface area (Å²) in [4.78, 5) is 0. The van der Waals surface area contributed by atoms with Gasteiger partial charge in [0.1, 0.15) is 10.4 Å². The monoisotopic (exact) mass is 227 g/mol. The van der Waals surface area contributed by atoms with Crippen molar-refractivity contribution in [3.05, 3.63) is 15.7 Å². The highest BCUT2D eigenvalue weighted by Gasteiger charge is 2.16. The van der Waals surface area contributed by atoms with Gasteiger partial charge in [-0.2, -0.15) is 0 Å². The van der Waals surface area contributed by atoms with Crippen LogP contribution in [0.15, 0.2) is 4.60 Å². The normalized spacial score (nSPS) is 15.8. The molecule has 1 aromatic rings. The lowest BCUT2D eigenvalue weighted by molar-refractivity contribution is 0.672. The number of nitrogens with zero attached hydrogens (tertiary/aromatic N) is 2. The van der Waals surface area contributed by atoms with E-state index >= 15 is 0 Å². The zero-order chi connectivity index (χ0) is 8.55. The fourth-order valence-electron chi connectivity index (χ4n) is 1.63. The second-order valence-corrected chi connectivity index (χ2v) is 3.79. The molecule has 4 heteroatoms. The number of fused-ring (bicyclic) bond motifs is 1. The van der Waals surface area contributed by atoms with Gasteiger partial charge in [-0.1, -0.05) is 0 Å². The van der Waals surface area contributed by atoms with Crippen LogP contribution in [0.25, 0.3) is 0 Å². The van der Waals surface area contributed by atoms with Crippen molar-refractivity contribution in [1.29, 1.82) is 0 Å². The fourth-order valence-corrected chi connectivity index (χ4v) is 2.15. The molecule has 0 radical (unpaired) electrons. The van der Waals surface area contributed by atoms with Crippen LogP contribution in [0.5, 0.6) is 0 Å². The Morgan fingerprint density at radius 2 is 1.75 bits per heavy atom. The third-order valence-electron chi connectivity index (χ3n) is 2.27. The Labute approximate surface area is 79.5 Å². The summed E-state index contributed by atoms with van der Waals surface area (Å²) in [7, 11) is 0. The predicted octanol–water partition coefficient (Wildman–Crippen LogP) is 1.70. The first-order chi connectivity index (χ1) is 5.79. The molecule has 0 saturated heterocycles. The summed E-state index contributed by atoms with van der Waals surface area (Å²) in [5.74, 6) is 0.605. The van der Waals surface area contributed by atoms with E-state index in [0.29, 0.717) is 5.82 Å². The van der Waals surface area contributed by atoms with Crippen molar-refractivity contribution < 1.29 is 0 Å². The Hall–Kier alpha value is -0.640. The van der Waals surface area contributed by atoms with Crippen molar-refractivity contribution in [3.8, 4) is 0 Å². The quantitative estimate of drug-likeness (QED) is 0.735. The minimum atomic E-state index is 0.605. The standard InChI is InChI=1S/C8H10BrN3/c9-7-5-3-1-2-4-6(5)8(10)12-11-7/h1-4H2,(H2,10,12). The third-order valence-corrected chi connectivity index (χ3v) is 2.91. The minimum Gasteiger partial charge on any atom is -0.382 e. The number of rotatable bonds is 0. The molecule has 0 amide bonds. The molecule has 1 aromatic heterocycles. The van der Waals surface area contributed by atoms with Gasteiger partial charge in [0.05, 0.1) is 0 Å². The van der Waals surface area contributed by atoms with Crippen molar-refractivity contribution in [2.24, 2.45) is 0 Å². The Morgan fingerprint density at radius 1 is 1.08 bits per heavy atom. The van der Waals surface area contributed by atoms with Crippen molar-refractivity contribution in [1.82, 2.24) is 10.2 Å². The molecular weight excluding hydrogens is 218 g/mol. The Kier molecular flexibility index (Phi) is 2.00. The molecule has 0 aromatic carbocycles. The molecule has 0 fully saturated rings. The highest BCUT2D eigenvalue weighted by Crippen LogP contribution is 2.28. The Balaban J connectivity index is 2.57. The zero-order valence-electron chi connectivity index (χ0n) is 6.68. The summed E-state index contributed by atoms with van der Waals surface area (Å²) in [6.45, 7) is 0. The van der Waals surface area contributed by atoms with E-state index in [2.05, 4.69) is 26.1 Å². The van der Waals surface area contributed by atoms with Crippen LogP contribution < -0.4 is 5.73 Å². The maximum atomic E-state index is 5.72. The van der Waals surface area contributed by atoms with Crippen LogP contribution in [0.2, 0.25) is 0 Å².